The highest BCUT2D eigenvalue weighted by Crippen LogP contribution is 2.27. The minimum atomic E-state index is -0.248. The predicted octanol–water partition coefficient (Wildman–Crippen LogP) is 5.28. The molecule has 2 aromatic carbocycles. The van der Waals surface area contributed by atoms with Gasteiger partial charge in [0.05, 0.1) is 5.02 Å². The van der Waals surface area contributed by atoms with Gasteiger partial charge in [-0.25, -0.2) is 0 Å². The molecule has 0 aliphatic carbocycles. The molecule has 0 spiro atoms. The van der Waals surface area contributed by atoms with Crippen LogP contribution in [0.3, 0.4) is 0 Å². The van der Waals surface area contributed by atoms with E-state index in [1.165, 1.54) is 0 Å². The first kappa shape index (κ1) is 13.2. The number of rotatable bonds is 2. The summed E-state index contributed by atoms with van der Waals surface area (Å²) in [6, 6.07) is 12.3. The number of para-hydroxylation sites is 1. The van der Waals surface area contributed by atoms with Crippen molar-refractivity contribution in [2.24, 2.45) is 0 Å². The zero-order valence-electron chi connectivity index (χ0n) is 10.6. The van der Waals surface area contributed by atoms with Gasteiger partial charge in [0, 0.05) is 16.0 Å². The molecule has 0 N–H and O–H groups in total. The fourth-order valence-corrected chi connectivity index (χ4v) is 2.62. The molecule has 4 heteroatoms. The molecule has 0 saturated carbocycles. The number of furan rings is 1. The van der Waals surface area contributed by atoms with E-state index in [9.17, 15) is 4.79 Å². The van der Waals surface area contributed by atoms with Gasteiger partial charge < -0.3 is 4.42 Å². The highest BCUT2D eigenvalue weighted by atomic mass is 35.5. The number of halogens is 2. The smallest absolute Gasteiger partial charge is 0.229 e. The van der Waals surface area contributed by atoms with Gasteiger partial charge in [-0.05, 0) is 36.8 Å². The molecule has 20 heavy (non-hydrogen) atoms. The van der Waals surface area contributed by atoms with Crippen LogP contribution in [-0.4, -0.2) is 5.78 Å². The largest absolute Gasteiger partial charge is 0.452 e. The van der Waals surface area contributed by atoms with Crippen LogP contribution < -0.4 is 0 Å². The van der Waals surface area contributed by atoms with Crippen LogP contribution >= 0.6 is 23.2 Å². The van der Waals surface area contributed by atoms with Gasteiger partial charge >= 0.3 is 0 Å². The second-order valence-corrected chi connectivity index (χ2v) is 5.40. The number of aryl methyl sites for hydroxylation is 1. The number of benzene rings is 2. The van der Waals surface area contributed by atoms with E-state index in [1.807, 2.05) is 25.1 Å². The molecule has 0 aliphatic heterocycles. The van der Waals surface area contributed by atoms with Crippen LogP contribution in [-0.2, 0) is 0 Å². The number of carbonyl (C=O) groups excluding carboxylic acids is 1. The van der Waals surface area contributed by atoms with Crippen molar-refractivity contribution in [3.05, 3.63) is 69.4 Å². The van der Waals surface area contributed by atoms with Gasteiger partial charge in [-0.2, -0.15) is 0 Å². The number of hydrogen-bond donors (Lipinski definition) is 0. The minimum absolute atomic E-state index is 0.248. The van der Waals surface area contributed by atoms with E-state index >= 15 is 0 Å². The van der Waals surface area contributed by atoms with Crippen molar-refractivity contribution in [1.82, 2.24) is 0 Å². The lowest BCUT2D eigenvalue weighted by Crippen LogP contribution is -2.00. The van der Waals surface area contributed by atoms with Gasteiger partial charge in [0.1, 0.15) is 5.58 Å². The first-order valence-corrected chi connectivity index (χ1v) is 6.81. The molecule has 1 heterocycles. The van der Waals surface area contributed by atoms with E-state index in [0.29, 0.717) is 15.6 Å². The molecule has 0 amide bonds. The summed E-state index contributed by atoms with van der Waals surface area (Å²) >= 11 is 11.9. The third-order valence-electron chi connectivity index (χ3n) is 3.14. The molecule has 0 fully saturated rings. The normalized spacial score (nSPS) is 10.9. The van der Waals surface area contributed by atoms with Crippen molar-refractivity contribution in [2.45, 2.75) is 6.92 Å². The van der Waals surface area contributed by atoms with Crippen LogP contribution in [0.25, 0.3) is 11.0 Å². The van der Waals surface area contributed by atoms with Crippen molar-refractivity contribution in [3.63, 3.8) is 0 Å². The topological polar surface area (TPSA) is 30.2 Å². The maximum Gasteiger partial charge on any atom is 0.229 e. The zero-order chi connectivity index (χ0) is 14.3. The second kappa shape index (κ2) is 4.97. The Labute approximate surface area is 125 Å². The second-order valence-electron chi connectivity index (χ2n) is 4.56. The Hall–Kier alpha value is -1.77. The van der Waals surface area contributed by atoms with E-state index in [2.05, 4.69) is 0 Å². The van der Waals surface area contributed by atoms with E-state index < -0.39 is 0 Å². The lowest BCUT2D eigenvalue weighted by molar-refractivity contribution is 0.101. The van der Waals surface area contributed by atoms with E-state index in [0.717, 1.165) is 16.5 Å². The standard InChI is InChI=1S/C16H10Cl2O2/c1-9-3-2-4-10-7-14(20-16(9)10)15(19)12-6-5-11(17)8-13(12)18/h2-8H,1H3. The molecule has 2 nitrogen and oxygen atoms in total. The molecule has 1 aromatic heterocycles. The monoisotopic (exact) mass is 304 g/mol. The molecule has 0 atom stereocenters. The van der Waals surface area contributed by atoms with Crippen molar-refractivity contribution in [1.29, 1.82) is 0 Å². The molecule has 0 radical (unpaired) electrons. The molecule has 3 rings (SSSR count). The fraction of sp³-hybridized carbons (Fsp3) is 0.0625. The van der Waals surface area contributed by atoms with Gasteiger partial charge in [-0.1, -0.05) is 41.4 Å². The van der Waals surface area contributed by atoms with Crippen LogP contribution in [0.2, 0.25) is 10.0 Å². The summed E-state index contributed by atoms with van der Waals surface area (Å²) in [4.78, 5) is 12.4. The molecule has 3 aromatic rings. The first-order valence-electron chi connectivity index (χ1n) is 6.05. The summed E-state index contributed by atoms with van der Waals surface area (Å²) in [5, 5.41) is 1.71. The number of hydrogen-bond acceptors (Lipinski definition) is 2. The van der Waals surface area contributed by atoms with Gasteiger partial charge in [0.2, 0.25) is 5.78 Å². The van der Waals surface area contributed by atoms with Crippen LogP contribution in [0.1, 0.15) is 21.7 Å². The minimum Gasteiger partial charge on any atom is -0.452 e. The summed E-state index contributed by atoms with van der Waals surface area (Å²) in [5.74, 6) is 0.0285. The SMILES string of the molecule is Cc1cccc2cc(C(=O)c3ccc(Cl)cc3Cl)oc12. The molecular formula is C16H10Cl2O2. The number of carbonyl (C=O) groups is 1. The molecule has 0 aliphatic rings. The van der Waals surface area contributed by atoms with Gasteiger partial charge in [-0.3, -0.25) is 4.79 Å². The van der Waals surface area contributed by atoms with Crippen LogP contribution in [0, 0.1) is 6.92 Å². The average molecular weight is 305 g/mol. The Morgan fingerprint density at radius 2 is 1.90 bits per heavy atom. The molecular weight excluding hydrogens is 295 g/mol. The van der Waals surface area contributed by atoms with E-state index in [-0.39, 0.29) is 11.5 Å². The summed E-state index contributed by atoms with van der Waals surface area (Å²) in [7, 11) is 0. The Kier molecular flexibility index (Phi) is 3.28. The van der Waals surface area contributed by atoms with Crippen molar-refractivity contribution in [2.75, 3.05) is 0 Å². The van der Waals surface area contributed by atoms with Gasteiger partial charge in [-0.15, -0.1) is 0 Å². The number of ketones is 1. The predicted molar refractivity (Wildman–Crippen MR) is 80.8 cm³/mol. The maximum absolute atomic E-state index is 12.4. The van der Waals surface area contributed by atoms with Crippen molar-refractivity contribution in [3.8, 4) is 0 Å². The molecule has 0 unspecified atom stereocenters. The Morgan fingerprint density at radius 1 is 1.10 bits per heavy atom. The highest BCUT2D eigenvalue weighted by Gasteiger charge is 2.18. The first-order chi connectivity index (χ1) is 9.56. The van der Waals surface area contributed by atoms with Crippen LogP contribution in [0.15, 0.2) is 46.9 Å². The third kappa shape index (κ3) is 2.21. The lowest BCUT2D eigenvalue weighted by atomic mass is 10.1. The van der Waals surface area contributed by atoms with Crippen LogP contribution in [0.4, 0.5) is 0 Å². The molecule has 100 valence electrons. The Morgan fingerprint density at radius 3 is 2.60 bits per heavy atom. The molecule has 0 bridgehead atoms. The maximum atomic E-state index is 12.4. The van der Waals surface area contributed by atoms with E-state index in [1.54, 1.807) is 24.3 Å². The summed E-state index contributed by atoms with van der Waals surface area (Å²) in [5.41, 5.74) is 2.09. The quantitative estimate of drug-likeness (QED) is 0.603. The van der Waals surface area contributed by atoms with E-state index in [4.69, 9.17) is 27.6 Å². The number of fused-ring (bicyclic) bond motifs is 1. The summed E-state index contributed by atoms with van der Waals surface area (Å²) < 4.78 is 5.66. The molecule has 0 saturated heterocycles. The Bertz CT molecular complexity index is 818. The average Bonchev–Trinajstić information content (AvgIpc) is 2.83. The summed E-state index contributed by atoms with van der Waals surface area (Å²) in [6.45, 7) is 1.94. The highest BCUT2D eigenvalue weighted by molar-refractivity contribution is 6.37. The van der Waals surface area contributed by atoms with Crippen LogP contribution in [0.5, 0.6) is 0 Å². The fourth-order valence-electron chi connectivity index (χ4n) is 2.13. The Balaban J connectivity index is 2.10. The van der Waals surface area contributed by atoms with Gasteiger partial charge in [0.25, 0.3) is 0 Å². The van der Waals surface area contributed by atoms with Crippen molar-refractivity contribution >= 4 is 40.0 Å². The zero-order valence-corrected chi connectivity index (χ0v) is 12.1. The third-order valence-corrected chi connectivity index (χ3v) is 3.69. The lowest BCUT2D eigenvalue weighted by Gasteiger charge is -2.01. The van der Waals surface area contributed by atoms with Gasteiger partial charge in [0.15, 0.2) is 5.76 Å². The van der Waals surface area contributed by atoms with Crippen molar-refractivity contribution < 1.29 is 9.21 Å². The summed E-state index contributed by atoms with van der Waals surface area (Å²) in [6.07, 6.45) is 0.